The highest BCUT2D eigenvalue weighted by Gasteiger charge is 2.48. The minimum Gasteiger partial charge on any atom is -0.376 e. The van der Waals surface area contributed by atoms with Gasteiger partial charge in [-0.2, -0.15) is 21.6 Å². The van der Waals surface area contributed by atoms with E-state index in [1.807, 2.05) is 0 Å². The molecule has 3 N–H and O–H groups in total. The number of urea groups is 1. The first-order valence-corrected chi connectivity index (χ1v) is 9.99. The molecule has 0 saturated heterocycles. The quantitative estimate of drug-likeness (QED) is 0.468. The average Bonchev–Trinajstić information content (AvgIpc) is 2.95. The summed E-state index contributed by atoms with van der Waals surface area (Å²) >= 11 is 0.893. The van der Waals surface area contributed by atoms with Crippen molar-refractivity contribution in [2.24, 2.45) is 0 Å². The average molecular weight is 440 g/mol. The van der Waals surface area contributed by atoms with Gasteiger partial charge in [0.05, 0.1) is 15.8 Å². The van der Waals surface area contributed by atoms with Crippen LogP contribution in [0.15, 0.2) is 12.1 Å². The third-order valence-electron chi connectivity index (χ3n) is 3.09. The molecule has 0 radical (unpaired) electrons. The number of rotatable bonds is 6. The van der Waals surface area contributed by atoms with Crippen molar-refractivity contribution in [1.29, 1.82) is 0 Å². The fourth-order valence-corrected chi connectivity index (χ4v) is 3.40. The van der Waals surface area contributed by atoms with Crippen molar-refractivity contribution in [2.45, 2.75) is 19.4 Å². The van der Waals surface area contributed by atoms with E-state index in [2.05, 4.69) is 25.1 Å². The zero-order valence-corrected chi connectivity index (χ0v) is 16.1. The molecule has 0 aliphatic carbocycles. The van der Waals surface area contributed by atoms with Crippen LogP contribution < -0.4 is 20.1 Å². The lowest BCUT2D eigenvalue weighted by Crippen LogP contribution is -2.28. The van der Waals surface area contributed by atoms with Gasteiger partial charge >= 0.3 is 21.7 Å². The molecule has 28 heavy (non-hydrogen) atoms. The molecule has 0 spiro atoms. The molecule has 2 aromatic rings. The first-order chi connectivity index (χ1) is 13.0. The Morgan fingerprint density at radius 2 is 1.82 bits per heavy atom. The number of halogens is 3. The van der Waals surface area contributed by atoms with Crippen LogP contribution >= 0.6 is 11.3 Å². The summed E-state index contributed by atoms with van der Waals surface area (Å²) in [7, 11) is -5.93. The van der Waals surface area contributed by atoms with Crippen LogP contribution in [0.25, 0.3) is 10.2 Å². The summed E-state index contributed by atoms with van der Waals surface area (Å²) < 4.78 is 64.6. The molecule has 9 nitrogen and oxygen atoms in total. The van der Waals surface area contributed by atoms with E-state index in [1.54, 1.807) is 13.8 Å². The van der Waals surface area contributed by atoms with E-state index < -0.39 is 33.3 Å². The lowest BCUT2D eigenvalue weighted by atomic mass is 10.2. The smallest absolute Gasteiger partial charge is 0.376 e. The number of thiazole rings is 1. The molecule has 14 heteroatoms. The molecule has 1 aromatic heterocycles. The number of carbonyl (C=O) groups is 2. The monoisotopic (exact) mass is 440 g/mol. The number of hydrogen-bond donors (Lipinski definition) is 3. The van der Waals surface area contributed by atoms with E-state index in [0.717, 1.165) is 23.5 Å². The Balaban J connectivity index is 2.53. The Morgan fingerprint density at radius 3 is 2.39 bits per heavy atom. The van der Waals surface area contributed by atoms with Gasteiger partial charge in [-0.3, -0.25) is 10.1 Å². The molecule has 0 fully saturated rings. The van der Waals surface area contributed by atoms with E-state index in [9.17, 15) is 31.2 Å². The van der Waals surface area contributed by atoms with Gasteiger partial charge in [0, 0.05) is 19.2 Å². The maximum absolute atomic E-state index is 12.6. The van der Waals surface area contributed by atoms with Crippen molar-refractivity contribution in [3.63, 3.8) is 0 Å². The van der Waals surface area contributed by atoms with Gasteiger partial charge in [-0.05, 0) is 19.9 Å². The second-order valence-electron chi connectivity index (χ2n) is 5.17. The highest BCUT2D eigenvalue weighted by atomic mass is 32.2. The Morgan fingerprint density at radius 1 is 1.18 bits per heavy atom. The van der Waals surface area contributed by atoms with Crippen LogP contribution in [0.1, 0.15) is 24.2 Å². The van der Waals surface area contributed by atoms with Gasteiger partial charge < -0.3 is 14.8 Å². The molecular formula is C14H15F3N4O5S2. The Kier molecular flexibility index (Phi) is 6.34. The van der Waals surface area contributed by atoms with E-state index in [1.165, 1.54) is 0 Å². The first-order valence-electron chi connectivity index (χ1n) is 7.76. The van der Waals surface area contributed by atoms with Crippen molar-refractivity contribution >= 4 is 48.7 Å². The van der Waals surface area contributed by atoms with Gasteiger partial charge in [-0.1, -0.05) is 11.3 Å². The maximum Gasteiger partial charge on any atom is 0.534 e. The van der Waals surface area contributed by atoms with Crippen molar-refractivity contribution in [2.75, 3.05) is 18.4 Å². The molecule has 0 aliphatic heterocycles. The molecule has 3 amide bonds. The zero-order valence-electron chi connectivity index (χ0n) is 14.5. The molecule has 2 rings (SSSR count). The third kappa shape index (κ3) is 4.81. The number of benzene rings is 1. The van der Waals surface area contributed by atoms with Gasteiger partial charge in [0.15, 0.2) is 5.13 Å². The number of hydrogen-bond acceptors (Lipinski definition) is 7. The van der Waals surface area contributed by atoms with Crippen molar-refractivity contribution in [3.8, 4) is 5.75 Å². The van der Waals surface area contributed by atoms with Crippen molar-refractivity contribution in [1.82, 2.24) is 15.6 Å². The summed E-state index contributed by atoms with van der Waals surface area (Å²) in [5.41, 5.74) is -5.80. The fraction of sp³-hybridized carbons (Fsp3) is 0.357. The minimum atomic E-state index is -5.93. The maximum atomic E-state index is 12.6. The summed E-state index contributed by atoms with van der Waals surface area (Å²) in [5, 5.41) is 7.39. The van der Waals surface area contributed by atoms with Crippen LogP contribution in [0.5, 0.6) is 5.75 Å². The molecule has 0 saturated carbocycles. The van der Waals surface area contributed by atoms with Gasteiger partial charge in [-0.25, -0.2) is 9.78 Å². The predicted molar refractivity (Wildman–Crippen MR) is 95.9 cm³/mol. The van der Waals surface area contributed by atoms with E-state index in [-0.39, 0.29) is 27.5 Å². The van der Waals surface area contributed by atoms with Crippen molar-refractivity contribution in [3.05, 3.63) is 17.7 Å². The van der Waals surface area contributed by atoms with Crippen LogP contribution in [0.2, 0.25) is 0 Å². The van der Waals surface area contributed by atoms with E-state index >= 15 is 0 Å². The van der Waals surface area contributed by atoms with Gasteiger partial charge in [0.1, 0.15) is 5.75 Å². The summed E-state index contributed by atoms with van der Waals surface area (Å²) in [6.07, 6.45) is 0. The van der Waals surface area contributed by atoms with E-state index in [4.69, 9.17) is 0 Å². The number of amides is 3. The fourth-order valence-electron chi connectivity index (χ4n) is 2.01. The highest BCUT2D eigenvalue weighted by molar-refractivity contribution is 7.88. The molecular weight excluding hydrogens is 425 g/mol. The summed E-state index contributed by atoms with van der Waals surface area (Å²) in [4.78, 5) is 27.9. The van der Waals surface area contributed by atoms with Crippen LogP contribution in [-0.2, 0) is 10.1 Å². The number of anilines is 1. The number of alkyl halides is 3. The number of aromatic nitrogens is 1. The van der Waals surface area contributed by atoms with Crippen molar-refractivity contribution < 1.29 is 35.4 Å². The second-order valence-corrected chi connectivity index (χ2v) is 7.70. The molecule has 1 heterocycles. The second kappa shape index (κ2) is 8.18. The topological polar surface area (TPSA) is 126 Å². The lowest BCUT2D eigenvalue weighted by Gasteiger charge is -2.11. The summed E-state index contributed by atoms with van der Waals surface area (Å²) in [6, 6.07) is 1.23. The number of fused-ring (bicyclic) bond motifs is 1. The van der Waals surface area contributed by atoms with Crippen LogP contribution in [0, 0.1) is 0 Å². The SMILES string of the molecule is CCNC(=O)Nc1nc2cc(OS(=O)(=O)C(F)(F)F)cc(C(=O)NCC)c2s1. The molecule has 0 unspecified atom stereocenters. The number of carbonyl (C=O) groups excluding carboxylic acids is 2. The molecule has 0 atom stereocenters. The van der Waals surface area contributed by atoms with E-state index in [0.29, 0.717) is 6.54 Å². The molecule has 0 bridgehead atoms. The van der Waals surface area contributed by atoms with Crippen LogP contribution in [0.4, 0.5) is 23.1 Å². The number of nitrogens with one attached hydrogen (secondary N) is 3. The molecule has 0 aliphatic rings. The van der Waals surface area contributed by atoms with Crippen LogP contribution in [0.3, 0.4) is 0 Å². The first kappa shape index (κ1) is 21.7. The summed E-state index contributed by atoms with van der Waals surface area (Å²) in [5.74, 6) is -1.41. The predicted octanol–water partition coefficient (Wildman–Crippen LogP) is 2.42. The molecule has 154 valence electrons. The Hall–Kier alpha value is -2.61. The van der Waals surface area contributed by atoms with Gasteiger partial charge in [0.25, 0.3) is 5.91 Å². The number of nitrogens with zero attached hydrogens (tertiary/aromatic N) is 1. The summed E-state index contributed by atoms with van der Waals surface area (Å²) in [6.45, 7) is 3.87. The van der Waals surface area contributed by atoms with Crippen LogP contribution in [-0.4, -0.2) is 43.9 Å². The third-order valence-corrected chi connectivity index (χ3v) is 5.09. The lowest BCUT2D eigenvalue weighted by molar-refractivity contribution is -0.0500. The normalized spacial score (nSPS) is 11.9. The van der Waals surface area contributed by atoms with Gasteiger partial charge in [0.2, 0.25) is 0 Å². The molecule has 1 aromatic carbocycles. The zero-order chi connectivity index (χ0) is 21.1. The van der Waals surface area contributed by atoms with Gasteiger partial charge in [-0.15, -0.1) is 0 Å². The Labute approximate surface area is 161 Å². The minimum absolute atomic E-state index is 0.0204. The Bertz CT molecular complexity index is 1000. The standard InChI is InChI=1S/C14H15F3N4O5S2/c1-3-18-11(22)8-5-7(26-28(24,25)14(15,16)17)6-9-10(8)27-13(20-9)21-12(23)19-4-2/h5-6H,3-4H2,1-2H3,(H,18,22)(H2,19,20,21,23). The largest absolute Gasteiger partial charge is 0.534 e. The highest BCUT2D eigenvalue weighted by Crippen LogP contribution is 2.35.